The second-order valence-corrected chi connectivity index (χ2v) is 3.80. The third kappa shape index (κ3) is 2.36. The number of nitrogens with zero attached hydrogens (tertiary/aromatic N) is 3. The molecule has 0 spiro atoms. The Morgan fingerprint density at radius 2 is 1.79 bits per heavy atom. The number of rotatable bonds is 2. The minimum atomic E-state index is -0.522. The van der Waals surface area contributed by atoms with Gasteiger partial charge in [-0.25, -0.2) is 4.39 Å². The van der Waals surface area contributed by atoms with Crippen LogP contribution in [0.5, 0.6) is 0 Å². The van der Waals surface area contributed by atoms with Gasteiger partial charge in [0, 0.05) is 0 Å². The van der Waals surface area contributed by atoms with E-state index in [-0.39, 0.29) is 17.9 Å². The summed E-state index contributed by atoms with van der Waals surface area (Å²) >= 11 is 0. The van der Waals surface area contributed by atoms with E-state index in [1.165, 1.54) is 34.9 Å². The molecule has 2 rings (SSSR count). The van der Waals surface area contributed by atoms with Gasteiger partial charge in [-0.2, -0.15) is 10.5 Å². The first kappa shape index (κ1) is 12.5. The van der Waals surface area contributed by atoms with E-state index in [9.17, 15) is 9.18 Å². The van der Waals surface area contributed by atoms with Crippen LogP contribution in [-0.2, 0) is 6.54 Å². The molecule has 1 aromatic heterocycles. The lowest BCUT2D eigenvalue weighted by Gasteiger charge is -2.10. The zero-order valence-electron chi connectivity index (χ0n) is 9.80. The highest BCUT2D eigenvalue weighted by Gasteiger charge is 2.10. The zero-order chi connectivity index (χ0) is 13.8. The highest BCUT2D eigenvalue weighted by Crippen LogP contribution is 2.18. The maximum Gasteiger partial charge on any atom is 0.269 e. The molecule has 0 saturated carbocycles. The van der Waals surface area contributed by atoms with Crippen LogP contribution in [0.3, 0.4) is 0 Å². The maximum absolute atomic E-state index is 12.9. The van der Waals surface area contributed by atoms with Gasteiger partial charge in [0.15, 0.2) is 0 Å². The Kier molecular flexibility index (Phi) is 3.40. The predicted molar refractivity (Wildman–Crippen MR) is 66.4 cm³/mol. The van der Waals surface area contributed by atoms with E-state index in [4.69, 9.17) is 10.5 Å². The zero-order valence-corrected chi connectivity index (χ0v) is 9.80. The van der Waals surface area contributed by atoms with Crippen LogP contribution in [0.25, 0.3) is 11.3 Å². The van der Waals surface area contributed by atoms with Crippen LogP contribution in [0.2, 0.25) is 0 Å². The molecule has 4 nitrogen and oxygen atoms in total. The maximum atomic E-state index is 12.9. The van der Waals surface area contributed by atoms with Crippen molar-refractivity contribution in [2.45, 2.75) is 6.54 Å². The number of benzene rings is 1. The Balaban J connectivity index is 2.68. The fourth-order valence-corrected chi connectivity index (χ4v) is 1.76. The van der Waals surface area contributed by atoms with E-state index in [1.807, 2.05) is 6.07 Å². The van der Waals surface area contributed by atoms with Gasteiger partial charge in [0.2, 0.25) is 0 Å². The molecule has 2 aromatic rings. The van der Waals surface area contributed by atoms with Crippen LogP contribution >= 0.6 is 0 Å². The van der Waals surface area contributed by atoms with Crippen LogP contribution < -0.4 is 5.56 Å². The summed E-state index contributed by atoms with van der Waals surface area (Å²) in [5.74, 6) is -0.383. The van der Waals surface area contributed by atoms with Crippen molar-refractivity contribution in [3.63, 3.8) is 0 Å². The summed E-state index contributed by atoms with van der Waals surface area (Å²) in [6.07, 6.45) is 0. The first-order valence-corrected chi connectivity index (χ1v) is 5.44. The lowest BCUT2D eigenvalue weighted by Crippen LogP contribution is -2.23. The van der Waals surface area contributed by atoms with E-state index in [0.717, 1.165) is 0 Å². The lowest BCUT2D eigenvalue weighted by atomic mass is 10.1. The van der Waals surface area contributed by atoms with E-state index in [0.29, 0.717) is 11.3 Å². The highest BCUT2D eigenvalue weighted by atomic mass is 19.1. The first-order chi connectivity index (χ1) is 9.17. The second kappa shape index (κ2) is 5.16. The quantitative estimate of drug-likeness (QED) is 0.822. The van der Waals surface area contributed by atoms with Crippen molar-refractivity contribution in [3.8, 4) is 23.4 Å². The Morgan fingerprint density at radius 3 is 2.37 bits per heavy atom. The van der Waals surface area contributed by atoms with Gasteiger partial charge in [-0.05, 0) is 42.0 Å². The Hall–Kier alpha value is -2.92. The molecule has 0 fully saturated rings. The molecule has 0 unspecified atom stereocenters. The van der Waals surface area contributed by atoms with Gasteiger partial charge < -0.3 is 0 Å². The number of pyridine rings is 1. The molecule has 5 heteroatoms. The van der Waals surface area contributed by atoms with Crippen molar-refractivity contribution in [2.75, 3.05) is 0 Å². The molecule has 1 aromatic carbocycles. The number of hydrogen-bond donors (Lipinski definition) is 0. The largest absolute Gasteiger partial charge is 0.293 e. The highest BCUT2D eigenvalue weighted by molar-refractivity contribution is 5.60. The van der Waals surface area contributed by atoms with Crippen molar-refractivity contribution in [2.24, 2.45) is 0 Å². The lowest BCUT2D eigenvalue weighted by molar-refractivity contribution is 0.628. The van der Waals surface area contributed by atoms with E-state index in [1.54, 1.807) is 12.1 Å². The van der Waals surface area contributed by atoms with Crippen LogP contribution in [0, 0.1) is 28.5 Å². The molecule has 0 N–H and O–H groups in total. The van der Waals surface area contributed by atoms with Crippen molar-refractivity contribution < 1.29 is 4.39 Å². The van der Waals surface area contributed by atoms with Crippen molar-refractivity contribution in [1.29, 1.82) is 10.5 Å². The van der Waals surface area contributed by atoms with Gasteiger partial charge in [0.05, 0.1) is 11.8 Å². The summed E-state index contributed by atoms with van der Waals surface area (Å²) in [4.78, 5) is 12.0. The summed E-state index contributed by atoms with van der Waals surface area (Å²) in [7, 11) is 0. The van der Waals surface area contributed by atoms with Gasteiger partial charge in [0.25, 0.3) is 5.56 Å². The Morgan fingerprint density at radius 1 is 1.11 bits per heavy atom. The Labute approximate surface area is 108 Å². The predicted octanol–water partition coefficient (Wildman–Crippen LogP) is 2.05. The molecule has 1 heterocycles. The molecule has 0 aliphatic rings. The topological polar surface area (TPSA) is 69.6 Å². The molecule has 0 aliphatic heterocycles. The van der Waals surface area contributed by atoms with Crippen LogP contribution in [0.15, 0.2) is 41.2 Å². The van der Waals surface area contributed by atoms with Crippen molar-refractivity contribution >= 4 is 0 Å². The van der Waals surface area contributed by atoms with Gasteiger partial charge in [-0.15, -0.1) is 0 Å². The molecule has 0 saturated heterocycles. The number of nitriles is 2. The third-order valence-electron chi connectivity index (χ3n) is 2.66. The van der Waals surface area contributed by atoms with Crippen molar-refractivity contribution in [1.82, 2.24) is 4.57 Å². The molecule has 0 radical (unpaired) electrons. The Bertz CT molecular complexity index is 748. The molecular weight excluding hydrogens is 245 g/mol. The second-order valence-electron chi connectivity index (χ2n) is 3.80. The fraction of sp³-hybridized carbons (Fsp3) is 0.0714. The van der Waals surface area contributed by atoms with Gasteiger partial charge in [0.1, 0.15) is 24.0 Å². The van der Waals surface area contributed by atoms with E-state index in [2.05, 4.69) is 0 Å². The fourth-order valence-electron chi connectivity index (χ4n) is 1.76. The summed E-state index contributed by atoms with van der Waals surface area (Å²) in [6, 6.07) is 12.2. The smallest absolute Gasteiger partial charge is 0.269 e. The van der Waals surface area contributed by atoms with Crippen LogP contribution in [-0.4, -0.2) is 4.57 Å². The van der Waals surface area contributed by atoms with E-state index < -0.39 is 5.56 Å². The first-order valence-electron chi connectivity index (χ1n) is 5.44. The van der Waals surface area contributed by atoms with Crippen molar-refractivity contribution in [3.05, 3.63) is 58.1 Å². The minimum absolute atomic E-state index is 0.0267. The summed E-state index contributed by atoms with van der Waals surface area (Å²) in [5.41, 5.74) is 0.538. The normalized spacial score (nSPS) is 9.63. The molecule has 0 aliphatic carbocycles. The molecule has 0 atom stereocenters. The molecule has 0 bridgehead atoms. The van der Waals surface area contributed by atoms with Gasteiger partial charge >= 0.3 is 0 Å². The monoisotopic (exact) mass is 253 g/mol. The number of aromatic nitrogens is 1. The molecule has 0 amide bonds. The standard InChI is InChI=1S/C14H8FN3O/c15-12-4-1-10(2-5-12)13-6-3-11(9-17)14(19)18(13)8-7-16/h1-6H,8H2. The SMILES string of the molecule is N#CCn1c(-c2ccc(F)cc2)ccc(C#N)c1=O. The van der Waals surface area contributed by atoms with Gasteiger partial charge in [-0.3, -0.25) is 9.36 Å². The molecular formula is C14H8FN3O. The minimum Gasteiger partial charge on any atom is -0.293 e. The average Bonchev–Trinajstić information content (AvgIpc) is 2.42. The van der Waals surface area contributed by atoms with Crippen LogP contribution in [0.1, 0.15) is 5.56 Å². The molecule has 92 valence electrons. The third-order valence-corrected chi connectivity index (χ3v) is 2.66. The summed E-state index contributed by atoms with van der Waals surface area (Å²) in [6.45, 7) is -0.166. The number of halogens is 1. The van der Waals surface area contributed by atoms with E-state index >= 15 is 0 Å². The number of hydrogen-bond acceptors (Lipinski definition) is 3. The summed E-state index contributed by atoms with van der Waals surface area (Å²) < 4.78 is 14.1. The molecule has 19 heavy (non-hydrogen) atoms. The average molecular weight is 253 g/mol. The van der Waals surface area contributed by atoms with Crippen LogP contribution in [0.4, 0.5) is 4.39 Å². The van der Waals surface area contributed by atoms with Gasteiger partial charge in [-0.1, -0.05) is 0 Å². The summed E-state index contributed by atoms with van der Waals surface area (Å²) in [5, 5.41) is 17.6.